The number of hydrogen-bond donors (Lipinski definition) is 1. The lowest BCUT2D eigenvalue weighted by Gasteiger charge is -2.22. The highest BCUT2D eigenvalue weighted by Gasteiger charge is 2.26. The summed E-state index contributed by atoms with van der Waals surface area (Å²) >= 11 is 0. The van der Waals surface area contributed by atoms with E-state index in [0.29, 0.717) is 35.3 Å². The molecule has 0 aliphatic rings. The molecule has 0 unspecified atom stereocenters. The molecular weight excluding hydrogens is 406 g/mol. The Hall–Kier alpha value is -3.74. The number of aryl methyl sites for hydroxylation is 2. The number of ketones is 1. The number of hydrogen-bond acceptors (Lipinski definition) is 5. The number of H-pyrrole nitrogens is 1. The highest BCUT2D eigenvalue weighted by Crippen LogP contribution is 2.20. The predicted molar refractivity (Wildman–Crippen MR) is 121 cm³/mol. The van der Waals surface area contributed by atoms with Crippen LogP contribution >= 0.6 is 0 Å². The molecule has 0 radical (unpaired) electrons. The summed E-state index contributed by atoms with van der Waals surface area (Å²) in [4.78, 5) is 47.3. The van der Waals surface area contributed by atoms with Crippen molar-refractivity contribution >= 4 is 17.7 Å². The van der Waals surface area contributed by atoms with Crippen LogP contribution in [-0.2, 0) is 11.2 Å². The number of nitrogens with one attached hydrogen (secondary N) is 1. The van der Waals surface area contributed by atoms with Crippen LogP contribution in [0.25, 0.3) is 0 Å². The highest BCUT2D eigenvalue weighted by molar-refractivity contribution is 6.05. The van der Waals surface area contributed by atoms with Crippen LogP contribution in [-0.4, -0.2) is 52.7 Å². The van der Waals surface area contributed by atoms with Crippen molar-refractivity contribution in [2.45, 2.75) is 27.2 Å². The van der Waals surface area contributed by atoms with Crippen LogP contribution in [0.15, 0.2) is 48.7 Å². The van der Waals surface area contributed by atoms with Gasteiger partial charge in [0, 0.05) is 41.7 Å². The first-order chi connectivity index (χ1) is 15.3. The fraction of sp³-hybridized carbons (Fsp3) is 0.280. The quantitative estimate of drug-likeness (QED) is 0.432. The first kappa shape index (κ1) is 22.9. The number of esters is 1. The van der Waals surface area contributed by atoms with Crippen molar-refractivity contribution < 1.29 is 19.1 Å². The Bertz CT molecular complexity index is 1120. The molecule has 0 atom stereocenters. The summed E-state index contributed by atoms with van der Waals surface area (Å²) in [6.45, 7) is 5.60. The van der Waals surface area contributed by atoms with Crippen LogP contribution in [0.1, 0.15) is 53.7 Å². The molecule has 0 aliphatic carbocycles. The Labute approximate surface area is 187 Å². The second-order valence-electron chi connectivity index (χ2n) is 7.70. The van der Waals surface area contributed by atoms with Crippen molar-refractivity contribution in [2.75, 3.05) is 20.2 Å². The van der Waals surface area contributed by atoms with Gasteiger partial charge >= 0.3 is 5.97 Å². The summed E-state index contributed by atoms with van der Waals surface area (Å²) in [5.74, 6) is -1.01. The number of carbonyl (C=O) groups excluding carboxylic acids is 3. The van der Waals surface area contributed by atoms with E-state index in [1.54, 1.807) is 32.2 Å². The van der Waals surface area contributed by atoms with E-state index < -0.39 is 5.97 Å². The number of benzene rings is 1. The Morgan fingerprint density at radius 2 is 1.75 bits per heavy atom. The van der Waals surface area contributed by atoms with E-state index in [0.717, 1.165) is 11.3 Å². The Morgan fingerprint density at radius 1 is 1.03 bits per heavy atom. The molecule has 0 aliphatic heterocycles. The molecule has 0 saturated carbocycles. The molecule has 7 nitrogen and oxygen atoms in total. The van der Waals surface area contributed by atoms with Gasteiger partial charge < -0.3 is 14.6 Å². The second-order valence-corrected chi connectivity index (χ2v) is 7.70. The molecule has 0 saturated heterocycles. The zero-order chi connectivity index (χ0) is 23.3. The third kappa shape index (κ3) is 5.11. The van der Waals surface area contributed by atoms with Gasteiger partial charge in [-0.2, -0.15) is 0 Å². The monoisotopic (exact) mass is 433 g/mol. The SMILES string of the molecule is COC(=O)c1[nH]c(C)c(C(=O)CN(CCc2ccccn2)C(=O)c2ccc(C)cc2)c1C. The van der Waals surface area contributed by atoms with E-state index in [1.165, 1.54) is 12.0 Å². The minimum Gasteiger partial charge on any atom is -0.464 e. The van der Waals surface area contributed by atoms with Gasteiger partial charge in [-0.25, -0.2) is 4.79 Å². The lowest BCUT2D eigenvalue weighted by atomic mass is 10.0. The number of amides is 1. The van der Waals surface area contributed by atoms with Crippen molar-refractivity contribution in [3.63, 3.8) is 0 Å². The van der Waals surface area contributed by atoms with E-state index in [4.69, 9.17) is 4.74 Å². The molecule has 1 aromatic carbocycles. The van der Waals surface area contributed by atoms with Crippen LogP contribution in [0.5, 0.6) is 0 Å². The third-order valence-electron chi connectivity index (χ3n) is 5.39. The van der Waals surface area contributed by atoms with Crippen molar-refractivity contribution in [3.05, 3.63) is 88.0 Å². The summed E-state index contributed by atoms with van der Waals surface area (Å²) in [7, 11) is 1.29. The summed E-state index contributed by atoms with van der Waals surface area (Å²) in [6.07, 6.45) is 2.22. The van der Waals surface area contributed by atoms with E-state index in [2.05, 4.69) is 9.97 Å². The molecule has 0 fully saturated rings. The summed E-state index contributed by atoms with van der Waals surface area (Å²) in [5.41, 5.74) is 4.15. The topological polar surface area (TPSA) is 92.4 Å². The molecule has 2 heterocycles. The summed E-state index contributed by atoms with van der Waals surface area (Å²) in [5, 5.41) is 0. The molecule has 0 spiro atoms. The maximum absolute atomic E-state index is 13.2. The molecule has 7 heteroatoms. The average Bonchev–Trinajstić information content (AvgIpc) is 3.10. The molecule has 3 rings (SSSR count). The molecule has 1 amide bonds. The van der Waals surface area contributed by atoms with E-state index in [-0.39, 0.29) is 23.9 Å². The second kappa shape index (κ2) is 10.0. The van der Waals surface area contributed by atoms with Gasteiger partial charge in [0.25, 0.3) is 5.91 Å². The number of ether oxygens (including phenoxy) is 1. The Balaban J connectivity index is 1.87. The first-order valence-corrected chi connectivity index (χ1v) is 10.4. The zero-order valence-corrected chi connectivity index (χ0v) is 18.8. The maximum atomic E-state index is 13.2. The molecule has 0 bridgehead atoms. The van der Waals surface area contributed by atoms with Crippen LogP contribution in [0.2, 0.25) is 0 Å². The number of carbonyl (C=O) groups is 3. The number of methoxy groups -OCH3 is 1. The van der Waals surface area contributed by atoms with Crippen LogP contribution in [0, 0.1) is 20.8 Å². The minimum absolute atomic E-state index is 0.111. The number of pyridine rings is 1. The number of nitrogens with zero attached hydrogens (tertiary/aromatic N) is 2. The Morgan fingerprint density at radius 3 is 2.38 bits per heavy atom. The van der Waals surface area contributed by atoms with Gasteiger partial charge in [-0.15, -0.1) is 0 Å². The molecule has 1 N–H and O–H groups in total. The van der Waals surface area contributed by atoms with Gasteiger partial charge in [-0.05, 0) is 50.6 Å². The lowest BCUT2D eigenvalue weighted by Crippen LogP contribution is -2.37. The van der Waals surface area contributed by atoms with Crippen LogP contribution in [0.3, 0.4) is 0 Å². The van der Waals surface area contributed by atoms with Gasteiger partial charge in [-0.3, -0.25) is 14.6 Å². The molecule has 166 valence electrons. The number of rotatable bonds is 8. The highest BCUT2D eigenvalue weighted by atomic mass is 16.5. The molecule has 32 heavy (non-hydrogen) atoms. The number of aromatic nitrogens is 2. The zero-order valence-electron chi connectivity index (χ0n) is 18.8. The fourth-order valence-corrected chi connectivity index (χ4v) is 3.65. The maximum Gasteiger partial charge on any atom is 0.354 e. The normalized spacial score (nSPS) is 10.6. The van der Waals surface area contributed by atoms with Gasteiger partial charge in [-0.1, -0.05) is 23.8 Å². The van der Waals surface area contributed by atoms with E-state index in [1.807, 2.05) is 37.3 Å². The van der Waals surface area contributed by atoms with Gasteiger partial charge in [0.05, 0.1) is 13.7 Å². The number of aromatic amines is 1. The molecule has 3 aromatic rings. The van der Waals surface area contributed by atoms with E-state index in [9.17, 15) is 14.4 Å². The first-order valence-electron chi connectivity index (χ1n) is 10.4. The third-order valence-corrected chi connectivity index (χ3v) is 5.39. The van der Waals surface area contributed by atoms with Crippen LogP contribution < -0.4 is 0 Å². The largest absolute Gasteiger partial charge is 0.464 e. The smallest absolute Gasteiger partial charge is 0.354 e. The predicted octanol–water partition coefficient (Wildman–Crippen LogP) is 3.69. The average molecular weight is 434 g/mol. The lowest BCUT2D eigenvalue weighted by molar-refractivity contribution is 0.0593. The van der Waals surface area contributed by atoms with Crippen molar-refractivity contribution in [1.29, 1.82) is 0 Å². The number of Topliss-reactive ketones (excluding diaryl/α,β-unsaturated/α-hetero) is 1. The minimum atomic E-state index is -0.535. The Kier molecular flexibility index (Phi) is 7.20. The van der Waals surface area contributed by atoms with Crippen molar-refractivity contribution in [1.82, 2.24) is 14.9 Å². The summed E-state index contributed by atoms with van der Waals surface area (Å²) in [6, 6.07) is 12.9. The van der Waals surface area contributed by atoms with Crippen LogP contribution in [0.4, 0.5) is 0 Å². The summed E-state index contributed by atoms with van der Waals surface area (Å²) < 4.78 is 4.79. The van der Waals surface area contributed by atoms with Crippen molar-refractivity contribution in [3.8, 4) is 0 Å². The molecular formula is C25H27N3O4. The van der Waals surface area contributed by atoms with Crippen molar-refractivity contribution in [2.24, 2.45) is 0 Å². The van der Waals surface area contributed by atoms with Gasteiger partial charge in [0.15, 0.2) is 5.78 Å². The van der Waals surface area contributed by atoms with E-state index >= 15 is 0 Å². The fourth-order valence-electron chi connectivity index (χ4n) is 3.65. The standard InChI is InChI=1S/C25H27N3O4/c1-16-8-10-19(11-9-16)24(30)28(14-12-20-7-5-6-13-26-20)15-21(29)22-17(2)23(25(31)32-4)27-18(22)3/h5-11,13,27H,12,14-15H2,1-4H3. The van der Waals surface area contributed by atoms with Gasteiger partial charge in [0.1, 0.15) is 5.69 Å². The molecule has 2 aromatic heterocycles. The van der Waals surface area contributed by atoms with Gasteiger partial charge in [0.2, 0.25) is 0 Å².